The minimum absolute atomic E-state index is 0.161. The fourth-order valence-electron chi connectivity index (χ4n) is 3.16. The molecule has 0 spiro atoms. The molecule has 4 N–H and O–H groups in total. The second-order valence-corrected chi connectivity index (χ2v) is 5.89. The van der Waals surface area contributed by atoms with E-state index in [-0.39, 0.29) is 17.0 Å². The summed E-state index contributed by atoms with van der Waals surface area (Å²) in [4.78, 5) is 14.5. The highest BCUT2D eigenvalue weighted by molar-refractivity contribution is 5.88. The SMILES string of the molecule is NC1CCCN(C(=O)C2(C3(N)CC3)CC2)C1. The number of hydrogen-bond donors (Lipinski definition) is 2. The summed E-state index contributed by atoms with van der Waals surface area (Å²) in [6.07, 6.45) is 6.13. The quantitative estimate of drug-likeness (QED) is 0.703. The van der Waals surface area contributed by atoms with Gasteiger partial charge in [-0.05, 0) is 38.5 Å². The normalized spacial score (nSPS) is 34.6. The molecule has 1 saturated heterocycles. The highest BCUT2D eigenvalue weighted by atomic mass is 16.2. The molecule has 16 heavy (non-hydrogen) atoms. The third-order valence-corrected chi connectivity index (χ3v) is 4.65. The van der Waals surface area contributed by atoms with Gasteiger partial charge in [-0.1, -0.05) is 0 Å². The third kappa shape index (κ3) is 1.39. The summed E-state index contributed by atoms with van der Waals surface area (Å²) in [5, 5.41) is 0. The van der Waals surface area contributed by atoms with Crippen molar-refractivity contribution < 1.29 is 4.79 Å². The molecule has 1 atom stereocenters. The van der Waals surface area contributed by atoms with Crippen LogP contribution in [0.5, 0.6) is 0 Å². The summed E-state index contributed by atoms with van der Waals surface area (Å²) in [6, 6.07) is 0.168. The number of carbonyl (C=O) groups is 1. The van der Waals surface area contributed by atoms with Crippen molar-refractivity contribution in [2.75, 3.05) is 13.1 Å². The molecule has 0 aromatic heterocycles. The first kappa shape index (κ1) is 10.5. The maximum Gasteiger partial charge on any atom is 0.230 e. The molecule has 1 aliphatic heterocycles. The highest BCUT2D eigenvalue weighted by Crippen LogP contribution is 2.63. The standard InChI is InChI=1S/C12H21N3O/c13-9-2-1-7-15(8-9)10(16)11(3-4-11)12(14)5-6-12/h9H,1-8,13-14H2. The Morgan fingerprint density at radius 3 is 2.44 bits per heavy atom. The van der Waals surface area contributed by atoms with Crippen LogP contribution < -0.4 is 11.5 Å². The summed E-state index contributed by atoms with van der Waals surface area (Å²) in [7, 11) is 0. The van der Waals surface area contributed by atoms with Gasteiger partial charge < -0.3 is 16.4 Å². The average Bonchev–Trinajstić information content (AvgIpc) is 3.12. The van der Waals surface area contributed by atoms with E-state index in [1.807, 2.05) is 4.90 Å². The molecule has 0 aromatic carbocycles. The summed E-state index contributed by atoms with van der Waals surface area (Å²) < 4.78 is 0. The van der Waals surface area contributed by atoms with Crippen molar-refractivity contribution in [1.82, 2.24) is 4.90 Å². The predicted octanol–water partition coefficient (Wildman–Crippen LogP) is 0.208. The molecule has 1 heterocycles. The van der Waals surface area contributed by atoms with Gasteiger partial charge in [0.1, 0.15) is 0 Å². The Kier molecular flexibility index (Phi) is 2.11. The van der Waals surface area contributed by atoms with Gasteiger partial charge in [0.15, 0.2) is 0 Å². The first-order valence-electron chi connectivity index (χ1n) is 6.41. The Bertz CT molecular complexity index is 320. The number of nitrogens with two attached hydrogens (primary N) is 2. The van der Waals surface area contributed by atoms with E-state index in [9.17, 15) is 4.79 Å². The van der Waals surface area contributed by atoms with E-state index in [1.165, 1.54) is 0 Å². The fourth-order valence-corrected chi connectivity index (χ4v) is 3.16. The number of piperidine rings is 1. The molecule has 4 heteroatoms. The van der Waals surface area contributed by atoms with Crippen LogP contribution >= 0.6 is 0 Å². The lowest BCUT2D eigenvalue weighted by Crippen LogP contribution is -2.52. The van der Waals surface area contributed by atoms with Gasteiger partial charge in [-0.25, -0.2) is 0 Å². The van der Waals surface area contributed by atoms with E-state index >= 15 is 0 Å². The second kappa shape index (κ2) is 3.20. The Morgan fingerprint density at radius 1 is 1.25 bits per heavy atom. The van der Waals surface area contributed by atoms with Crippen molar-refractivity contribution in [3.63, 3.8) is 0 Å². The summed E-state index contributed by atoms with van der Waals surface area (Å²) in [6.45, 7) is 1.61. The molecule has 1 unspecified atom stereocenters. The van der Waals surface area contributed by atoms with Crippen LogP contribution in [0.3, 0.4) is 0 Å². The number of carbonyl (C=O) groups excluding carboxylic acids is 1. The van der Waals surface area contributed by atoms with Crippen molar-refractivity contribution in [2.24, 2.45) is 16.9 Å². The lowest BCUT2D eigenvalue weighted by molar-refractivity contribution is -0.139. The van der Waals surface area contributed by atoms with Crippen molar-refractivity contribution in [3.05, 3.63) is 0 Å². The van der Waals surface area contributed by atoms with Crippen LogP contribution in [0, 0.1) is 5.41 Å². The van der Waals surface area contributed by atoms with Gasteiger partial charge in [-0.3, -0.25) is 4.79 Å². The van der Waals surface area contributed by atoms with Crippen molar-refractivity contribution in [1.29, 1.82) is 0 Å². The summed E-state index contributed by atoms with van der Waals surface area (Å²) in [5.41, 5.74) is 11.8. The van der Waals surface area contributed by atoms with Crippen LogP contribution in [0.2, 0.25) is 0 Å². The molecule has 2 aliphatic carbocycles. The Morgan fingerprint density at radius 2 is 1.94 bits per heavy atom. The van der Waals surface area contributed by atoms with E-state index in [2.05, 4.69) is 0 Å². The second-order valence-electron chi connectivity index (χ2n) is 5.89. The topological polar surface area (TPSA) is 72.3 Å². The molecule has 3 aliphatic rings. The molecule has 2 saturated carbocycles. The number of rotatable bonds is 2. The van der Waals surface area contributed by atoms with Gasteiger partial charge in [-0.2, -0.15) is 0 Å². The maximum absolute atomic E-state index is 12.5. The van der Waals surface area contributed by atoms with E-state index in [0.29, 0.717) is 5.91 Å². The lowest BCUT2D eigenvalue weighted by atomic mass is 9.91. The van der Waals surface area contributed by atoms with Gasteiger partial charge in [0.25, 0.3) is 0 Å². The summed E-state index contributed by atoms with van der Waals surface area (Å²) >= 11 is 0. The van der Waals surface area contributed by atoms with Gasteiger partial charge in [0.05, 0.1) is 5.41 Å². The third-order valence-electron chi connectivity index (χ3n) is 4.65. The van der Waals surface area contributed by atoms with E-state index in [1.54, 1.807) is 0 Å². The zero-order valence-corrected chi connectivity index (χ0v) is 9.74. The Balaban J connectivity index is 1.73. The smallest absolute Gasteiger partial charge is 0.230 e. The van der Waals surface area contributed by atoms with Crippen molar-refractivity contribution in [2.45, 2.75) is 50.1 Å². The summed E-state index contributed by atoms with van der Waals surface area (Å²) in [5.74, 6) is 0.294. The van der Waals surface area contributed by atoms with Crippen LogP contribution in [0.1, 0.15) is 38.5 Å². The van der Waals surface area contributed by atoms with Gasteiger partial charge in [0.2, 0.25) is 5.91 Å². The number of amides is 1. The predicted molar refractivity (Wildman–Crippen MR) is 61.6 cm³/mol. The maximum atomic E-state index is 12.5. The minimum atomic E-state index is -0.190. The number of nitrogens with zero attached hydrogens (tertiary/aromatic N) is 1. The fraction of sp³-hybridized carbons (Fsp3) is 0.917. The minimum Gasteiger partial charge on any atom is -0.341 e. The van der Waals surface area contributed by atoms with Crippen LogP contribution in [0.15, 0.2) is 0 Å². The van der Waals surface area contributed by atoms with E-state index < -0.39 is 0 Å². The van der Waals surface area contributed by atoms with Crippen molar-refractivity contribution >= 4 is 5.91 Å². The van der Waals surface area contributed by atoms with Gasteiger partial charge in [0, 0.05) is 24.7 Å². The van der Waals surface area contributed by atoms with Crippen LogP contribution in [-0.2, 0) is 4.79 Å². The Hall–Kier alpha value is -0.610. The Labute approximate surface area is 96.3 Å². The van der Waals surface area contributed by atoms with Crippen LogP contribution in [0.25, 0.3) is 0 Å². The molecule has 0 aromatic rings. The number of likely N-dealkylation sites (tertiary alicyclic amines) is 1. The monoisotopic (exact) mass is 223 g/mol. The van der Waals surface area contributed by atoms with E-state index in [0.717, 1.165) is 51.6 Å². The molecule has 0 bridgehead atoms. The van der Waals surface area contributed by atoms with Crippen LogP contribution in [-0.4, -0.2) is 35.5 Å². The first-order chi connectivity index (χ1) is 7.57. The molecule has 90 valence electrons. The molecular formula is C12H21N3O. The molecule has 0 radical (unpaired) electrons. The largest absolute Gasteiger partial charge is 0.341 e. The first-order valence-corrected chi connectivity index (χ1v) is 6.41. The molecule has 3 rings (SSSR count). The number of hydrogen-bond acceptors (Lipinski definition) is 3. The van der Waals surface area contributed by atoms with E-state index in [4.69, 9.17) is 11.5 Å². The lowest BCUT2D eigenvalue weighted by Gasteiger charge is -2.35. The van der Waals surface area contributed by atoms with Crippen molar-refractivity contribution in [3.8, 4) is 0 Å². The highest BCUT2D eigenvalue weighted by Gasteiger charge is 2.68. The van der Waals surface area contributed by atoms with Gasteiger partial charge >= 0.3 is 0 Å². The zero-order valence-electron chi connectivity index (χ0n) is 9.74. The molecule has 4 nitrogen and oxygen atoms in total. The molecular weight excluding hydrogens is 202 g/mol. The molecule has 1 amide bonds. The van der Waals surface area contributed by atoms with Crippen LogP contribution in [0.4, 0.5) is 0 Å². The molecule has 3 fully saturated rings. The average molecular weight is 223 g/mol. The zero-order chi connectivity index (χ0) is 11.4. The van der Waals surface area contributed by atoms with Gasteiger partial charge in [-0.15, -0.1) is 0 Å².